The topological polar surface area (TPSA) is 65.4 Å². The molecule has 1 N–H and O–H groups in total. The molecule has 0 spiro atoms. The van der Waals surface area contributed by atoms with Gasteiger partial charge in [-0.1, -0.05) is 47.5 Å². The van der Waals surface area contributed by atoms with Crippen LogP contribution in [0.25, 0.3) is 5.69 Å². The minimum Gasteiger partial charge on any atom is -0.493 e. The summed E-state index contributed by atoms with van der Waals surface area (Å²) >= 11 is 6.25. The van der Waals surface area contributed by atoms with Crippen LogP contribution in [0.5, 0.6) is 11.5 Å². The van der Waals surface area contributed by atoms with E-state index in [4.69, 9.17) is 26.2 Å². The molecule has 6 nitrogen and oxygen atoms in total. The molecular formula is C32H30ClN3O3. The number of carbonyl (C=O) groups excluding carboxylic acids is 1. The Bertz CT molecular complexity index is 1600. The second kappa shape index (κ2) is 9.93. The third kappa shape index (κ3) is 4.39. The van der Waals surface area contributed by atoms with Gasteiger partial charge >= 0.3 is 0 Å². The number of nitrogens with zero attached hydrogens (tertiary/aromatic N) is 2. The number of ketones is 1. The Kier molecular flexibility index (Phi) is 6.43. The molecular weight excluding hydrogens is 510 g/mol. The number of allylic oxidation sites excluding steroid dienone is 2. The lowest BCUT2D eigenvalue weighted by atomic mass is 9.72. The van der Waals surface area contributed by atoms with Crippen molar-refractivity contribution in [2.75, 3.05) is 19.5 Å². The molecule has 1 aliphatic heterocycles. The molecule has 2 heterocycles. The summed E-state index contributed by atoms with van der Waals surface area (Å²) in [6.07, 6.45) is 1.11. The number of benzene rings is 3. The molecule has 39 heavy (non-hydrogen) atoms. The van der Waals surface area contributed by atoms with Gasteiger partial charge < -0.3 is 14.8 Å². The van der Waals surface area contributed by atoms with Crippen molar-refractivity contribution < 1.29 is 14.3 Å². The van der Waals surface area contributed by atoms with Gasteiger partial charge in [-0.3, -0.25) is 4.79 Å². The number of rotatable bonds is 5. The summed E-state index contributed by atoms with van der Waals surface area (Å²) in [5, 5.41) is 9.28. The SMILES string of the molecule is COc1ccc([C@H]2CC(=O)C3=C(C2)Nc2c(c(C)nn2-c2ccc(C)cc2)[C@@H]3c2ccc(Cl)cc2)cc1OC. The molecule has 0 saturated heterocycles. The predicted octanol–water partition coefficient (Wildman–Crippen LogP) is 7.12. The lowest BCUT2D eigenvalue weighted by Crippen LogP contribution is -2.30. The molecule has 0 fully saturated rings. The maximum Gasteiger partial charge on any atom is 0.162 e. The van der Waals surface area contributed by atoms with Crippen molar-refractivity contribution in [3.05, 3.63) is 111 Å². The van der Waals surface area contributed by atoms with E-state index in [0.29, 0.717) is 29.4 Å². The van der Waals surface area contributed by atoms with Crippen LogP contribution in [0.2, 0.25) is 5.02 Å². The number of nitrogens with one attached hydrogen (secondary N) is 1. The monoisotopic (exact) mass is 539 g/mol. The lowest BCUT2D eigenvalue weighted by Gasteiger charge is -2.36. The van der Waals surface area contributed by atoms with Gasteiger partial charge in [-0.25, -0.2) is 4.68 Å². The van der Waals surface area contributed by atoms with Gasteiger partial charge in [0.25, 0.3) is 0 Å². The molecule has 0 unspecified atom stereocenters. The van der Waals surface area contributed by atoms with E-state index in [9.17, 15) is 4.79 Å². The molecule has 0 bridgehead atoms. The van der Waals surface area contributed by atoms with E-state index in [1.165, 1.54) is 5.56 Å². The number of halogens is 1. The molecule has 1 aromatic heterocycles. The van der Waals surface area contributed by atoms with Gasteiger partial charge in [-0.2, -0.15) is 5.10 Å². The average Bonchev–Trinajstić information content (AvgIpc) is 3.28. The number of hydrogen-bond donors (Lipinski definition) is 1. The first-order valence-corrected chi connectivity index (χ1v) is 13.4. The first kappa shape index (κ1) is 25.3. The van der Waals surface area contributed by atoms with Crippen LogP contribution in [-0.2, 0) is 4.79 Å². The summed E-state index contributed by atoms with van der Waals surface area (Å²) in [5.74, 6) is 2.14. The first-order chi connectivity index (χ1) is 18.9. The number of anilines is 1. The zero-order valence-electron chi connectivity index (χ0n) is 22.4. The fourth-order valence-electron chi connectivity index (χ4n) is 5.88. The minimum absolute atomic E-state index is 0.00724. The van der Waals surface area contributed by atoms with Crippen molar-refractivity contribution in [2.45, 2.75) is 38.5 Å². The van der Waals surface area contributed by atoms with Crippen LogP contribution >= 0.6 is 11.6 Å². The van der Waals surface area contributed by atoms with E-state index in [-0.39, 0.29) is 17.6 Å². The summed E-state index contributed by atoms with van der Waals surface area (Å²) in [4.78, 5) is 14.0. The third-order valence-electron chi connectivity index (χ3n) is 7.82. The molecule has 3 aromatic carbocycles. The zero-order valence-corrected chi connectivity index (χ0v) is 23.2. The Morgan fingerprint density at radius 1 is 0.897 bits per heavy atom. The Morgan fingerprint density at radius 2 is 1.59 bits per heavy atom. The number of Topliss-reactive ketones (excluding diaryl/α,β-unsaturated/α-hetero) is 1. The number of ether oxygens (including phenoxy) is 2. The maximum atomic E-state index is 14.0. The van der Waals surface area contributed by atoms with E-state index in [0.717, 1.165) is 45.2 Å². The fourth-order valence-corrected chi connectivity index (χ4v) is 6.01. The molecule has 7 heteroatoms. The number of aromatic nitrogens is 2. The molecule has 2 aliphatic rings. The number of hydrogen-bond acceptors (Lipinski definition) is 5. The summed E-state index contributed by atoms with van der Waals surface area (Å²) in [6, 6.07) is 22.0. The number of methoxy groups -OCH3 is 2. The van der Waals surface area contributed by atoms with Crippen LogP contribution in [0, 0.1) is 13.8 Å². The van der Waals surface area contributed by atoms with Crippen LogP contribution in [0.3, 0.4) is 0 Å². The lowest BCUT2D eigenvalue weighted by molar-refractivity contribution is -0.116. The Labute approximate surface area is 233 Å². The van der Waals surface area contributed by atoms with E-state index < -0.39 is 0 Å². The Hall–Kier alpha value is -4.03. The van der Waals surface area contributed by atoms with Gasteiger partial charge in [0, 0.05) is 34.2 Å². The van der Waals surface area contributed by atoms with Crippen LogP contribution in [-0.4, -0.2) is 29.8 Å². The van der Waals surface area contributed by atoms with Crippen LogP contribution in [0.4, 0.5) is 5.82 Å². The zero-order chi connectivity index (χ0) is 27.3. The first-order valence-electron chi connectivity index (χ1n) is 13.0. The Morgan fingerprint density at radius 3 is 2.28 bits per heavy atom. The van der Waals surface area contributed by atoms with Crippen LogP contribution in [0.15, 0.2) is 78.0 Å². The van der Waals surface area contributed by atoms with Crippen LogP contribution < -0.4 is 14.8 Å². The molecule has 2 atom stereocenters. The minimum atomic E-state index is -0.230. The summed E-state index contributed by atoms with van der Waals surface area (Å²) < 4.78 is 12.9. The van der Waals surface area contributed by atoms with Crippen molar-refractivity contribution in [2.24, 2.45) is 0 Å². The Balaban J connectivity index is 1.48. The molecule has 198 valence electrons. The standard InChI is InChI=1S/C32H30ClN3O3/c1-18-5-12-24(13-6-18)36-32-29(19(2)35-36)30(20-7-10-23(33)11-8-20)31-25(34-32)15-22(16-26(31)37)21-9-14-27(38-3)28(17-21)39-4/h5-14,17,22,30,34H,15-16H2,1-4H3/t22-,30+/m1/s1. The van der Waals surface area contributed by atoms with E-state index >= 15 is 0 Å². The van der Waals surface area contributed by atoms with Crippen LogP contribution in [0.1, 0.15) is 52.6 Å². The van der Waals surface area contributed by atoms with Gasteiger partial charge in [-0.05, 0) is 73.7 Å². The van der Waals surface area contributed by atoms with E-state index in [1.807, 2.05) is 54.1 Å². The van der Waals surface area contributed by atoms with Crippen molar-refractivity contribution >= 4 is 23.2 Å². The number of fused-ring (bicyclic) bond motifs is 1. The van der Waals surface area contributed by atoms with Crippen molar-refractivity contribution in [1.82, 2.24) is 9.78 Å². The molecule has 0 amide bonds. The predicted molar refractivity (Wildman–Crippen MR) is 154 cm³/mol. The van der Waals surface area contributed by atoms with Gasteiger partial charge in [0.2, 0.25) is 0 Å². The highest BCUT2D eigenvalue weighted by Gasteiger charge is 2.41. The summed E-state index contributed by atoms with van der Waals surface area (Å²) in [5.41, 5.74) is 7.89. The van der Waals surface area contributed by atoms with Gasteiger partial charge in [0.05, 0.1) is 25.6 Å². The fraction of sp³-hybridized carbons (Fsp3) is 0.250. The largest absolute Gasteiger partial charge is 0.493 e. The molecule has 0 radical (unpaired) electrons. The van der Waals surface area contributed by atoms with Crippen molar-refractivity contribution in [1.29, 1.82) is 0 Å². The van der Waals surface area contributed by atoms with Gasteiger partial charge in [0.15, 0.2) is 17.3 Å². The second-order valence-corrected chi connectivity index (χ2v) is 10.7. The third-order valence-corrected chi connectivity index (χ3v) is 8.07. The highest BCUT2D eigenvalue weighted by molar-refractivity contribution is 6.30. The molecule has 4 aromatic rings. The van der Waals surface area contributed by atoms with E-state index in [2.05, 4.69) is 36.5 Å². The summed E-state index contributed by atoms with van der Waals surface area (Å²) in [7, 11) is 3.25. The quantitative estimate of drug-likeness (QED) is 0.292. The number of aryl methyl sites for hydroxylation is 2. The average molecular weight is 540 g/mol. The van der Waals surface area contributed by atoms with Gasteiger partial charge in [0.1, 0.15) is 5.82 Å². The smallest absolute Gasteiger partial charge is 0.162 e. The normalized spacial score (nSPS) is 18.3. The van der Waals surface area contributed by atoms with Crippen molar-refractivity contribution in [3.63, 3.8) is 0 Å². The molecule has 1 aliphatic carbocycles. The summed E-state index contributed by atoms with van der Waals surface area (Å²) in [6.45, 7) is 4.08. The second-order valence-electron chi connectivity index (χ2n) is 10.2. The highest BCUT2D eigenvalue weighted by Crippen LogP contribution is 2.50. The van der Waals surface area contributed by atoms with Gasteiger partial charge in [-0.15, -0.1) is 0 Å². The van der Waals surface area contributed by atoms with Crippen molar-refractivity contribution in [3.8, 4) is 17.2 Å². The number of carbonyl (C=O) groups is 1. The maximum absolute atomic E-state index is 14.0. The van der Waals surface area contributed by atoms with E-state index in [1.54, 1.807) is 14.2 Å². The highest BCUT2D eigenvalue weighted by atomic mass is 35.5. The molecule has 0 saturated carbocycles. The molecule has 6 rings (SSSR count).